The van der Waals surface area contributed by atoms with Crippen molar-refractivity contribution in [1.82, 2.24) is 10.2 Å². The molecule has 1 aliphatic rings. The van der Waals surface area contributed by atoms with Crippen molar-refractivity contribution < 1.29 is 19.1 Å². The summed E-state index contributed by atoms with van der Waals surface area (Å²) < 4.78 is 12.1. The lowest BCUT2D eigenvalue weighted by Gasteiger charge is -2.27. The third kappa shape index (κ3) is 23.3. The third-order valence-corrected chi connectivity index (χ3v) is 11.5. The Morgan fingerprint density at radius 3 is 1.41 bits per heavy atom. The molecule has 1 heterocycles. The van der Waals surface area contributed by atoms with E-state index in [2.05, 4.69) is 111 Å². The number of allylic oxidation sites excluding steroid dienone is 8. The average molecular weight is 837 g/mol. The molecule has 1 fully saturated rings. The summed E-state index contributed by atoms with van der Waals surface area (Å²) in [4.78, 5) is 30.1. The maximum absolute atomic E-state index is 14.0. The minimum atomic E-state index is -0.826. The predicted octanol–water partition coefficient (Wildman–Crippen LogP) is 13.7. The highest BCUT2D eigenvalue weighted by molar-refractivity contribution is 5.85. The first-order valence-electron chi connectivity index (χ1n) is 24.7. The molecule has 1 N–H and O–H groups in total. The highest BCUT2D eigenvalue weighted by Gasteiger charge is 2.26. The molecule has 2 aromatic rings. The number of rotatable bonds is 33. The van der Waals surface area contributed by atoms with Gasteiger partial charge in [0.05, 0.1) is 6.42 Å². The van der Waals surface area contributed by atoms with Gasteiger partial charge in [-0.25, -0.2) is 4.79 Å². The summed E-state index contributed by atoms with van der Waals surface area (Å²) in [6.45, 7) is 12.4. The number of nitrogens with zero attached hydrogens (tertiary/aromatic N) is 1. The number of hydrogen-bond donors (Lipinski definition) is 1. The summed E-state index contributed by atoms with van der Waals surface area (Å²) in [6.07, 6.45) is 43.4. The van der Waals surface area contributed by atoms with Gasteiger partial charge < -0.3 is 19.7 Å². The average Bonchev–Trinajstić information content (AvgIpc) is 3.26. The Labute approximate surface area is 372 Å². The van der Waals surface area contributed by atoms with Gasteiger partial charge in [-0.3, -0.25) is 4.79 Å². The standard InChI is InChI=1S/C55H84N2O4/c1-5-9-13-17-21-26-32-47-36-38-51(44-49(47)34-28-23-19-15-11-7-3)60-54(58)46-53(56-40-43-57-41-30-25-31-42-57)55(59)61-52-39-37-48(33-27-22-18-14-10-6-2)50(45-52)35-29-24-20-16-12-8-4/h13-20,36-39,44-45,53,56H,5-12,21-35,40-43,46H2,1-4H3/b17-13-,18-14-,19-15-,20-16-. The normalized spacial score (nSPS) is 14.2. The lowest BCUT2D eigenvalue weighted by molar-refractivity contribution is -0.143. The van der Waals surface area contributed by atoms with Crippen molar-refractivity contribution in [1.29, 1.82) is 0 Å². The van der Waals surface area contributed by atoms with Crippen molar-refractivity contribution in [2.45, 2.75) is 188 Å². The zero-order chi connectivity index (χ0) is 43.6. The number of aryl methyl sites for hydroxylation is 4. The van der Waals surface area contributed by atoms with Crippen molar-refractivity contribution in [2.24, 2.45) is 0 Å². The summed E-state index contributed by atoms with van der Waals surface area (Å²) in [7, 11) is 0. The Hall–Kier alpha value is -3.74. The molecule has 0 aliphatic carbocycles. The monoisotopic (exact) mass is 837 g/mol. The summed E-state index contributed by atoms with van der Waals surface area (Å²) >= 11 is 0. The summed E-state index contributed by atoms with van der Waals surface area (Å²) in [5, 5.41) is 3.40. The molecule has 0 aromatic heterocycles. The van der Waals surface area contributed by atoms with Gasteiger partial charge in [0.15, 0.2) is 0 Å². The van der Waals surface area contributed by atoms with Gasteiger partial charge in [0.1, 0.15) is 17.5 Å². The number of hydrogen-bond acceptors (Lipinski definition) is 6. The minimum Gasteiger partial charge on any atom is -0.426 e. The molecule has 0 bridgehead atoms. The number of likely N-dealkylation sites (tertiary alicyclic amines) is 1. The number of piperidine rings is 1. The van der Waals surface area contributed by atoms with Gasteiger partial charge >= 0.3 is 11.9 Å². The SMILES string of the molecule is CCC/C=C\CCCc1ccc(OC(=O)CC(NCCN2CCCCC2)C(=O)Oc2ccc(CCC/C=C\CCC)c(CCC/C=C\CCC)c2)cc1CCC/C=C\CCC. The van der Waals surface area contributed by atoms with E-state index >= 15 is 0 Å². The second kappa shape index (κ2) is 33.8. The van der Waals surface area contributed by atoms with E-state index in [1.807, 2.05) is 12.1 Å². The van der Waals surface area contributed by atoms with Gasteiger partial charge in [-0.05, 0) is 175 Å². The Balaban J connectivity index is 1.75. The largest absolute Gasteiger partial charge is 0.426 e. The first-order chi connectivity index (χ1) is 30.0. The van der Waals surface area contributed by atoms with Crippen LogP contribution in [0.5, 0.6) is 11.5 Å². The number of carbonyl (C=O) groups is 2. The van der Waals surface area contributed by atoms with Crippen LogP contribution in [-0.4, -0.2) is 49.1 Å². The molecule has 6 nitrogen and oxygen atoms in total. The zero-order valence-corrected chi connectivity index (χ0v) is 39.0. The van der Waals surface area contributed by atoms with Gasteiger partial charge in [-0.1, -0.05) is 121 Å². The molecule has 0 radical (unpaired) electrons. The van der Waals surface area contributed by atoms with E-state index < -0.39 is 18.0 Å². The van der Waals surface area contributed by atoms with Crippen LogP contribution in [0, 0.1) is 0 Å². The van der Waals surface area contributed by atoms with Crippen LogP contribution in [0.2, 0.25) is 0 Å². The van der Waals surface area contributed by atoms with Crippen molar-refractivity contribution in [2.75, 3.05) is 26.2 Å². The Morgan fingerprint density at radius 2 is 0.967 bits per heavy atom. The van der Waals surface area contributed by atoms with Crippen LogP contribution in [0.25, 0.3) is 0 Å². The molecule has 0 spiro atoms. The fraction of sp³-hybridized carbons (Fsp3) is 0.600. The van der Waals surface area contributed by atoms with E-state index in [4.69, 9.17) is 9.47 Å². The van der Waals surface area contributed by atoms with Gasteiger partial charge in [-0.2, -0.15) is 0 Å². The first kappa shape index (κ1) is 51.6. The van der Waals surface area contributed by atoms with E-state index in [1.54, 1.807) is 0 Å². The molecule has 0 saturated carbocycles. The number of ether oxygens (including phenoxy) is 2. The van der Waals surface area contributed by atoms with E-state index in [-0.39, 0.29) is 6.42 Å². The van der Waals surface area contributed by atoms with E-state index in [0.717, 1.165) is 135 Å². The van der Waals surface area contributed by atoms with Gasteiger partial charge in [0.2, 0.25) is 0 Å². The highest BCUT2D eigenvalue weighted by Crippen LogP contribution is 2.25. The lowest BCUT2D eigenvalue weighted by Crippen LogP contribution is -2.45. The topological polar surface area (TPSA) is 67.9 Å². The molecule has 338 valence electrons. The van der Waals surface area contributed by atoms with Crippen molar-refractivity contribution in [3.63, 3.8) is 0 Å². The number of benzene rings is 2. The van der Waals surface area contributed by atoms with Crippen LogP contribution in [0.1, 0.15) is 178 Å². The molecule has 1 unspecified atom stereocenters. The van der Waals surface area contributed by atoms with E-state index in [0.29, 0.717) is 18.0 Å². The summed E-state index contributed by atoms with van der Waals surface area (Å²) in [5.74, 6) is 0.196. The Kier molecular flexibility index (Phi) is 28.6. The highest BCUT2D eigenvalue weighted by atomic mass is 16.5. The van der Waals surface area contributed by atoms with Gasteiger partial charge in [0.25, 0.3) is 0 Å². The van der Waals surface area contributed by atoms with Crippen molar-refractivity contribution >= 4 is 11.9 Å². The number of nitrogens with one attached hydrogen (secondary N) is 1. The lowest BCUT2D eigenvalue weighted by atomic mass is 9.97. The summed E-state index contributed by atoms with van der Waals surface area (Å²) in [5.41, 5.74) is 5.13. The van der Waals surface area contributed by atoms with Gasteiger partial charge in [0, 0.05) is 13.1 Å². The van der Waals surface area contributed by atoms with E-state index in [9.17, 15) is 9.59 Å². The van der Waals surface area contributed by atoms with Crippen molar-refractivity contribution in [3.05, 3.63) is 107 Å². The van der Waals surface area contributed by atoms with Crippen LogP contribution in [0.3, 0.4) is 0 Å². The van der Waals surface area contributed by atoms with Crippen LogP contribution in [0.15, 0.2) is 85.0 Å². The maximum atomic E-state index is 14.0. The number of unbranched alkanes of at least 4 members (excludes halogenated alkanes) is 8. The third-order valence-electron chi connectivity index (χ3n) is 11.5. The minimum absolute atomic E-state index is 0.108. The van der Waals surface area contributed by atoms with Gasteiger partial charge in [-0.15, -0.1) is 0 Å². The molecule has 2 aromatic carbocycles. The Bertz CT molecular complexity index is 1600. The molecule has 61 heavy (non-hydrogen) atoms. The first-order valence-corrected chi connectivity index (χ1v) is 24.7. The van der Waals surface area contributed by atoms with Crippen molar-refractivity contribution in [3.8, 4) is 11.5 Å². The van der Waals surface area contributed by atoms with E-state index in [1.165, 1.54) is 54.4 Å². The second-order valence-corrected chi connectivity index (χ2v) is 17.0. The fourth-order valence-electron chi connectivity index (χ4n) is 7.88. The molecule has 1 aliphatic heterocycles. The predicted molar refractivity (Wildman–Crippen MR) is 259 cm³/mol. The Morgan fingerprint density at radius 1 is 0.557 bits per heavy atom. The number of esters is 2. The number of carbonyl (C=O) groups excluding carboxylic acids is 2. The fourth-order valence-corrected chi connectivity index (χ4v) is 7.88. The molecule has 0 amide bonds. The van der Waals surface area contributed by atoms with Crippen LogP contribution < -0.4 is 14.8 Å². The smallest absolute Gasteiger partial charge is 0.329 e. The quantitative estimate of drug-likeness (QED) is 0.0334. The molecular formula is C55H84N2O4. The molecule has 1 saturated heterocycles. The second-order valence-electron chi connectivity index (χ2n) is 17.0. The zero-order valence-electron chi connectivity index (χ0n) is 39.0. The van der Waals surface area contributed by atoms with Crippen LogP contribution in [-0.2, 0) is 35.3 Å². The molecule has 6 heteroatoms. The van der Waals surface area contributed by atoms with Crippen LogP contribution >= 0.6 is 0 Å². The molecule has 1 atom stereocenters. The molecule has 3 rings (SSSR count). The molecular weight excluding hydrogens is 753 g/mol. The maximum Gasteiger partial charge on any atom is 0.329 e. The van der Waals surface area contributed by atoms with Crippen LogP contribution in [0.4, 0.5) is 0 Å². The summed E-state index contributed by atoms with van der Waals surface area (Å²) in [6, 6.07) is 11.4.